The number of nitro benzene ring substituents is 1. The molecule has 1 aromatic carbocycles. The van der Waals surface area contributed by atoms with Crippen molar-refractivity contribution in [3.63, 3.8) is 0 Å². The van der Waals surface area contributed by atoms with Crippen LogP contribution < -0.4 is 5.32 Å². The van der Waals surface area contributed by atoms with Crippen LogP contribution in [0.1, 0.15) is 5.56 Å². The zero-order valence-corrected chi connectivity index (χ0v) is 11.2. The van der Waals surface area contributed by atoms with E-state index in [1.165, 1.54) is 0 Å². The normalized spacial score (nSPS) is 10.2. The second-order valence-electron chi connectivity index (χ2n) is 3.83. The summed E-state index contributed by atoms with van der Waals surface area (Å²) in [5.74, 6) is 0.689. The second kappa shape index (κ2) is 6.19. The molecule has 0 unspecified atom stereocenters. The van der Waals surface area contributed by atoms with E-state index in [-0.39, 0.29) is 10.6 Å². The van der Waals surface area contributed by atoms with Gasteiger partial charge in [-0.25, -0.2) is 0 Å². The number of pyridine rings is 1. The summed E-state index contributed by atoms with van der Waals surface area (Å²) in [6, 6.07) is 9.08. The molecule has 0 saturated heterocycles. The fraction of sp³-hybridized carbons (Fsp3) is 0.154. The molecular formula is C13H13N3O2S. The molecule has 98 valence electrons. The summed E-state index contributed by atoms with van der Waals surface area (Å²) in [4.78, 5) is 15.6. The zero-order valence-electron chi connectivity index (χ0n) is 10.4. The molecule has 0 bridgehead atoms. The van der Waals surface area contributed by atoms with Crippen LogP contribution in [0.25, 0.3) is 0 Å². The smallest absolute Gasteiger partial charge is 0.292 e. The minimum Gasteiger partial charge on any atom is -0.383 e. The Labute approximate surface area is 115 Å². The van der Waals surface area contributed by atoms with Crippen LogP contribution in [0.15, 0.2) is 47.6 Å². The number of nitrogens with zero attached hydrogens (tertiary/aromatic N) is 2. The standard InChI is InChI=1S/C13H13N3O2S/c1-14-12-3-2-10(8-13(12)16(17)18)9-19-11-4-6-15-7-5-11/h2-8,14H,9H2,1H3. The first-order chi connectivity index (χ1) is 9.20. The average molecular weight is 275 g/mol. The van der Waals surface area contributed by atoms with Crippen LogP contribution in [-0.4, -0.2) is 17.0 Å². The van der Waals surface area contributed by atoms with Crippen molar-refractivity contribution in [2.45, 2.75) is 10.6 Å². The van der Waals surface area contributed by atoms with Gasteiger partial charge in [0, 0.05) is 36.2 Å². The minimum absolute atomic E-state index is 0.107. The van der Waals surface area contributed by atoms with Crippen molar-refractivity contribution >= 4 is 23.1 Å². The van der Waals surface area contributed by atoms with E-state index >= 15 is 0 Å². The van der Waals surface area contributed by atoms with Crippen molar-refractivity contribution in [3.05, 3.63) is 58.4 Å². The van der Waals surface area contributed by atoms with Gasteiger partial charge < -0.3 is 5.32 Å². The van der Waals surface area contributed by atoms with Crippen molar-refractivity contribution in [3.8, 4) is 0 Å². The summed E-state index contributed by atoms with van der Waals surface area (Å²) in [7, 11) is 1.67. The van der Waals surface area contributed by atoms with Gasteiger partial charge in [0.15, 0.2) is 0 Å². The topological polar surface area (TPSA) is 68.1 Å². The molecule has 5 nitrogen and oxygen atoms in total. The predicted octanol–water partition coefficient (Wildman–Crippen LogP) is 3.32. The average Bonchev–Trinajstić information content (AvgIpc) is 2.46. The number of anilines is 1. The van der Waals surface area contributed by atoms with E-state index in [0.29, 0.717) is 11.4 Å². The van der Waals surface area contributed by atoms with Gasteiger partial charge in [-0.1, -0.05) is 6.07 Å². The summed E-state index contributed by atoms with van der Waals surface area (Å²) in [5.41, 5.74) is 1.56. The Kier molecular flexibility index (Phi) is 4.35. The number of hydrogen-bond donors (Lipinski definition) is 1. The molecule has 0 radical (unpaired) electrons. The van der Waals surface area contributed by atoms with E-state index in [9.17, 15) is 10.1 Å². The lowest BCUT2D eigenvalue weighted by molar-refractivity contribution is -0.384. The fourth-order valence-corrected chi connectivity index (χ4v) is 2.46. The molecule has 0 fully saturated rings. The van der Waals surface area contributed by atoms with Crippen molar-refractivity contribution < 1.29 is 4.92 Å². The van der Waals surface area contributed by atoms with Crippen LogP contribution in [0, 0.1) is 10.1 Å². The third-order valence-corrected chi connectivity index (χ3v) is 3.67. The number of thioether (sulfide) groups is 1. The number of nitrogens with one attached hydrogen (secondary N) is 1. The predicted molar refractivity (Wildman–Crippen MR) is 76.4 cm³/mol. The van der Waals surface area contributed by atoms with Gasteiger partial charge in [0.05, 0.1) is 4.92 Å². The summed E-state index contributed by atoms with van der Waals surface area (Å²) in [6.07, 6.45) is 3.46. The third kappa shape index (κ3) is 3.45. The Morgan fingerprint density at radius 2 is 2.05 bits per heavy atom. The van der Waals surface area contributed by atoms with Gasteiger partial charge in [-0.05, 0) is 23.8 Å². The Morgan fingerprint density at radius 3 is 2.68 bits per heavy atom. The van der Waals surface area contributed by atoms with Crippen LogP contribution >= 0.6 is 11.8 Å². The lowest BCUT2D eigenvalue weighted by atomic mass is 10.2. The quantitative estimate of drug-likeness (QED) is 0.515. The molecule has 1 heterocycles. The first-order valence-corrected chi connectivity index (χ1v) is 6.67. The molecule has 19 heavy (non-hydrogen) atoms. The summed E-state index contributed by atoms with van der Waals surface area (Å²) >= 11 is 1.62. The molecule has 0 atom stereocenters. The van der Waals surface area contributed by atoms with Crippen molar-refractivity contribution in [2.24, 2.45) is 0 Å². The largest absolute Gasteiger partial charge is 0.383 e. The molecule has 0 saturated carbocycles. The maximum absolute atomic E-state index is 11.0. The van der Waals surface area contributed by atoms with Gasteiger partial charge in [0.2, 0.25) is 0 Å². The molecule has 1 aromatic heterocycles. The highest BCUT2D eigenvalue weighted by molar-refractivity contribution is 7.98. The van der Waals surface area contributed by atoms with E-state index in [4.69, 9.17) is 0 Å². The number of nitro groups is 1. The monoisotopic (exact) mass is 275 g/mol. The van der Waals surface area contributed by atoms with E-state index in [0.717, 1.165) is 10.5 Å². The lowest BCUT2D eigenvalue weighted by Gasteiger charge is -2.05. The molecule has 0 amide bonds. The first-order valence-electron chi connectivity index (χ1n) is 5.68. The zero-order chi connectivity index (χ0) is 13.7. The van der Waals surface area contributed by atoms with Crippen LogP contribution in [0.2, 0.25) is 0 Å². The molecule has 2 aromatic rings. The van der Waals surface area contributed by atoms with E-state index in [2.05, 4.69) is 10.3 Å². The third-order valence-electron chi connectivity index (χ3n) is 2.58. The number of benzene rings is 1. The van der Waals surface area contributed by atoms with E-state index in [1.54, 1.807) is 43.3 Å². The van der Waals surface area contributed by atoms with Crippen LogP contribution in [0.5, 0.6) is 0 Å². The second-order valence-corrected chi connectivity index (χ2v) is 4.88. The molecule has 0 spiro atoms. The molecule has 6 heteroatoms. The molecule has 2 rings (SSSR count). The number of aromatic nitrogens is 1. The minimum atomic E-state index is -0.369. The maximum atomic E-state index is 11.0. The number of rotatable bonds is 5. The molecule has 0 aliphatic heterocycles. The van der Waals surface area contributed by atoms with Crippen molar-refractivity contribution in [1.29, 1.82) is 0 Å². The SMILES string of the molecule is CNc1ccc(CSc2ccncc2)cc1[N+](=O)[O-]. The summed E-state index contributed by atoms with van der Waals surface area (Å²) < 4.78 is 0. The summed E-state index contributed by atoms with van der Waals surface area (Å²) in [5, 5.41) is 13.8. The Bertz CT molecular complexity index is 575. The van der Waals surface area contributed by atoms with Crippen LogP contribution in [-0.2, 0) is 5.75 Å². The highest BCUT2D eigenvalue weighted by Crippen LogP contribution is 2.28. The van der Waals surface area contributed by atoms with Gasteiger partial charge >= 0.3 is 0 Å². The number of hydrogen-bond acceptors (Lipinski definition) is 5. The molecule has 1 N–H and O–H groups in total. The molecular weight excluding hydrogens is 262 g/mol. The molecule has 0 aliphatic rings. The maximum Gasteiger partial charge on any atom is 0.292 e. The van der Waals surface area contributed by atoms with Gasteiger partial charge in [-0.2, -0.15) is 0 Å². The highest BCUT2D eigenvalue weighted by atomic mass is 32.2. The van der Waals surface area contributed by atoms with Gasteiger partial charge in [0.1, 0.15) is 5.69 Å². The Balaban J connectivity index is 2.13. The fourth-order valence-electron chi connectivity index (χ4n) is 1.63. The lowest BCUT2D eigenvalue weighted by Crippen LogP contribution is -1.97. The molecule has 0 aliphatic carbocycles. The van der Waals surface area contributed by atoms with Gasteiger partial charge in [-0.3, -0.25) is 15.1 Å². The Morgan fingerprint density at radius 1 is 1.32 bits per heavy atom. The van der Waals surface area contributed by atoms with Crippen LogP contribution in [0.3, 0.4) is 0 Å². The highest BCUT2D eigenvalue weighted by Gasteiger charge is 2.13. The van der Waals surface area contributed by atoms with Crippen molar-refractivity contribution in [2.75, 3.05) is 12.4 Å². The van der Waals surface area contributed by atoms with E-state index < -0.39 is 0 Å². The van der Waals surface area contributed by atoms with Crippen molar-refractivity contribution in [1.82, 2.24) is 4.98 Å². The first kappa shape index (κ1) is 13.4. The Hall–Kier alpha value is -2.08. The van der Waals surface area contributed by atoms with Gasteiger partial charge in [-0.15, -0.1) is 11.8 Å². The summed E-state index contributed by atoms with van der Waals surface area (Å²) in [6.45, 7) is 0. The van der Waals surface area contributed by atoms with Gasteiger partial charge in [0.25, 0.3) is 5.69 Å². The van der Waals surface area contributed by atoms with E-state index in [1.807, 2.05) is 18.2 Å². The van der Waals surface area contributed by atoms with Crippen LogP contribution in [0.4, 0.5) is 11.4 Å².